The molecule has 0 spiro atoms. The molecular weight excluding hydrogens is 216 g/mol. The minimum Gasteiger partial charge on any atom is -0.376 e. The minimum atomic E-state index is -3.39. The van der Waals surface area contributed by atoms with E-state index in [9.17, 15) is 17.2 Å². The van der Waals surface area contributed by atoms with Gasteiger partial charge in [-0.2, -0.15) is 0 Å². The largest absolute Gasteiger partial charge is 0.376 e. The second-order valence-corrected chi connectivity index (χ2v) is 4.63. The van der Waals surface area contributed by atoms with E-state index in [1.165, 1.54) is 0 Å². The molecule has 0 aliphatic carbocycles. The van der Waals surface area contributed by atoms with Crippen molar-refractivity contribution in [3.63, 3.8) is 0 Å². The lowest BCUT2D eigenvalue weighted by Gasteiger charge is -2.02. The molecule has 0 bridgehead atoms. The van der Waals surface area contributed by atoms with Crippen LogP contribution >= 0.6 is 0 Å². The van der Waals surface area contributed by atoms with Crippen molar-refractivity contribution in [2.45, 2.75) is 25.7 Å². The fraction of sp³-hybridized carbons (Fsp3) is 1.00. The van der Waals surface area contributed by atoms with E-state index < -0.39 is 23.1 Å². The van der Waals surface area contributed by atoms with Gasteiger partial charge >= 0.3 is 0 Å². The van der Waals surface area contributed by atoms with Crippen molar-refractivity contribution in [2.75, 3.05) is 19.0 Å². The fourth-order valence-corrected chi connectivity index (χ4v) is 1.46. The van der Waals surface area contributed by atoms with Gasteiger partial charge in [0.25, 0.3) is 6.43 Å². The highest BCUT2D eigenvalue weighted by Crippen LogP contribution is 1.99. The number of alkyl halides is 2. The number of rotatable bonds is 8. The van der Waals surface area contributed by atoms with Crippen LogP contribution in [0.1, 0.15) is 19.3 Å². The zero-order valence-electron chi connectivity index (χ0n) is 7.79. The maximum Gasteiger partial charge on any atom is 0.261 e. The number of halogens is 2. The van der Waals surface area contributed by atoms with E-state index in [2.05, 4.69) is 4.74 Å². The van der Waals surface area contributed by atoms with Gasteiger partial charge in [-0.15, -0.1) is 0 Å². The molecule has 0 aliphatic heterocycles. The third-order valence-electron chi connectivity index (χ3n) is 1.46. The van der Waals surface area contributed by atoms with Crippen LogP contribution in [0.15, 0.2) is 0 Å². The molecule has 0 amide bonds. The molecular formula is C7H15F2NO3S. The van der Waals surface area contributed by atoms with Gasteiger partial charge in [0, 0.05) is 6.61 Å². The van der Waals surface area contributed by atoms with Gasteiger partial charge < -0.3 is 4.74 Å². The Morgan fingerprint density at radius 3 is 2.36 bits per heavy atom. The maximum atomic E-state index is 11.5. The predicted molar refractivity (Wildman–Crippen MR) is 48.6 cm³/mol. The van der Waals surface area contributed by atoms with E-state index >= 15 is 0 Å². The fourth-order valence-electron chi connectivity index (χ4n) is 0.857. The Hall–Kier alpha value is -0.270. The second kappa shape index (κ2) is 7.08. The Morgan fingerprint density at radius 2 is 1.86 bits per heavy atom. The molecule has 0 aromatic carbocycles. The van der Waals surface area contributed by atoms with Crippen molar-refractivity contribution >= 4 is 10.0 Å². The van der Waals surface area contributed by atoms with E-state index in [-0.39, 0.29) is 12.4 Å². The van der Waals surface area contributed by atoms with Gasteiger partial charge in [0.15, 0.2) is 0 Å². The molecule has 0 fully saturated rings. The first-order chi connectivity index (χ1) is 6.42. The number of sulfonamides is 1. The summed E-state index contributed by atoms with van der Waals surface area (Å²) in [6, 6.07) is 0. The smallest absolute Gasteiger partial charge is 0.261 e. The average molecular weight is 231 g/mol. The van der Waals surface area contributed by atoms with Gasteiger partial charge in [0.05, 0.1) is 5.75 Å². The Bertz CT molecular complexity index is 231. The second-order valence-electron chi connectivity index (χ2n) is 2.89. The van der Waals surface area contributed by atoms with Crippen LogP contribution in [-0.4, -0.2) is 33.8 Å². The molecule has 0 aliphatic rings. The molecule has 0 saturated carbocycles. The number of primary sulfonamides is 1. The van der Waals surface area contributed by atoms with Crippen LogP contribution in [0, 0.1) is 0 Å². The van der Waals surface area contributed by atoms with Crippen molar-refractivity contribution in [2.24, 2.45) is 5.14 Å². The Balaban J connectivity index is 3.15. The average Bonchev–Trinajstić information content (AvgIpc) is 2.00. The molecule has 0 unspecified atom stereocenters. The molecule has 0 rings (SSSR count). The molecule has 0 saturated heterocycles. The molecule has 0 radical (unpaired) electrons. The van der Waals surface area contributed by atoms with Gasteiger partial charge in [0.1, 0.15) is 6.61 Å². The van der Waals surface area contributed by atoms with Crippen molar-refractivity contribution < 1.29 is 21.9 Å². The monoisotopic (exact) mass is 231 g/mol. The lowest BCUT2D eigenvalue weighted by Crippen LogP contribution is -2.16. The minimum absolute atomic E-state index is 0.0676. The van der Waals surface area contributed by atoms with Gasteiger partial charge in [-0.1, -0.05) is 6.42 Å². The zero-order chi connectivity index (χ0) is 11.0. The first kappa shape index (κ1) is 13.7. The lowest BCUT2D eigenvalue weighted by atomic mass is 10.3. The highest BCUT2D eigenvalue weighted by molar-refractivity contribution is 7.89. The van der Waals surface area contributed by atoms with Gasteiger partial charge in [-0.05, 0) is 12.8 Å². The molecule has 0 aromatic rings. The SMILES string of the molecule is NS(=O)(=O)CCCCCOCC(F)F. The third-order valence-corrected chi connectivity index (χ3v) is 2.32. The molecule has 14 heavy (non-hydrogen) atoms. The Morgan fingerprint density at radius 1 is 1.21 bits per heavy atom. The van der Waals surface area contributed by atoms with Crippen molar-refractivity contribution in [1.29, 1.82) is 0 Å². The predicted octanol–water partition coefficient (Wildman–Crippen LogP) is 0.727. The van der Waals surface area contributed by atoms with E-state index in [1.807, 2.05) is 0 Å². The third kappa shape index (κ3) is 11.7. The number of unbranched alkanes of at least 4 members (excludes halogenated alkanes) is 2. The summed E-state index contributed by atoms with van der Waals surface area (Å²) in [6.07, 6.45) is -0.821. The van der Waals surface area contributed by atoms with Crippen molar-refractivity contribution in [1.82, 2.24) is 0 Å². The number of hydrogen-bond donors (Lipinski definition) is 1. The first-order valence-corrected chi connectivity index (χ1v) is 6.00. The number of nitrogens with two attached hydrogens (primary N) is 1. The van der Waals surface area contributed by atoms with Crippen molar-refractivity contribution in [3.8, 4) is 0 Å². The summed E-state index contributed by atoms with van der Waals surface area (Å²) in [6.45, 7) is -0.329. The standard InChI is InChI=1S/C7H15F2NO3S/c8-7(9)6-13-4-2-1-3-5-14(10,11)12/h7H,1-6H2,(H2,10,11,12). The van der Waals surface area contributed by atoms with Crippen LogP contribution < -0.4 is 5.14 Å². The first-order valence-electron chi connectivity index (χ1n) is 4.28. The Labute approximate surface area is 82.5 Å². The summed E-state index contributed by atoms with van der Waals surface area (Å²) >= 11 is 0. The molecule has 0 heterocycles. The van der Waals surface area contributed by atoms with E-state index in [1.54, 1.807) is 0 Å². The quantitative estimate of drug-likeness (QED) is 0.626. The molecule has 86 valence electrons. The van der Waals surface area contributed by atoms with Crippen molar-refractivity contribution in [3.05, 3.63) is 0 Å². The molecule has 2 N–H and O–H groups in total. The summed E-state index contributed by atoms with van der Waals surface area (Å²) in [4.78, 5) is 0. The van der Waals surface area contributed by atoms with E-state index in [4.69, 9.17) is 5.14 Å². The van der Waals surface area contributed by atoms with Crippen LogP contribution in [0.4, 0.5) is 8.78 Å². The van der Waals surface area contributed by atoms with Crippen LogP contribution in [0.25, 0.3) is 0 Å². The van der Waals surface area contributed by atoms with Crippen LogP contribution in [0.3, 0.4) is 0 Å². The van der Waals surface area contributed by atoms with Crippen LogP contribution in [-0.2, 0) is 14.8 Å². The summed E-state index contributed by atoms with van der Waals surface area (Å²) < 4.78 is 48.6. The normalized spacial score (nSPS) is 12.3. The summed E-state index contributed by atoms with van der Waals surface area (Å²) in [5.74, 6) is -0.0676. The van der Waals surface area contributed by atoms with Crippen LogP contribution in [0.5, 0.6) is 0 Å². The number of hydrogen-bond acceptors (Lipinski definition) is 3. The van der Waals surface area contributed by atoms with Gasteiger partial charge in [-0.3, -0.25) is 0 Å². The maximum absolute atomic E-state index is 11.5. The number of ether oxygens (including phenoxy) is 1. The highest BCUT2D eigenvalue weighted by atomic mass is 32.2. The van der Waals surface area contributed by atoms with E-state index in [0.29, 0.717) is 19.3 Å². The zero-order valence-corrected chi connectivity index (χ0v) is 8.60. The highest BCUT2D eigenvalue weighted by Gasteiger charge is 2.03. The summed E-state index contributed by atoms with van der Waals surface area (Å²) in [5.41, 5.74) is 0. The molecule has 0 aromatic heterocycles. The lowest BCUT2D eigenvalue weighted by molar-refractivity contribution is 0.0163. The Kier molecular flexibility index (Phi) is 6.94. The molecule has 7 heteroatoms. The van der Waals surface area contributed by atoms with Gasteiger partial charge in [0.2, 0.25) is 10.0 Å². The topological polar surface area (TPSA) is 69.4 Å². The van der Waals surface area contributed by atoms with E-state index in [0.717, 1.165) is 0 Å². The van der Waals surface area contributed by atoms with Gasteiger partial charge in [-0.25, -0.2) is 22.3 Å². The molecule has 4 nitrogen and oxygen atoms in total. The molecule has 0 atom stereocenters. The summed E-state index contributed by atoms with van der Waals surface area (Å²) in [5, 5.41) is 4.76. The summed E-state index contributed by atoms with van der Waals surface area (Å²) in [7, 11) is -3.39. The van der Waals surface area contributed by atoms with Crippen LogP contribution in [0.2, 0.25) is 0 Å².